The van der Waals surface area contributed by atoms with Crippen molar-refractivity contribution in [2.45, 2.75) is 53.9 Å². The Bertz CT molecular complexity index is 302. The van der Waals surface area contributed by atoms with E-state index in [1.807, 2.05) is 20.8 Å². The number of hydrogen-bond donors (Lipinski definition) is 1. The van der Waals surface area contributed by atoms with E-state index in [0.29, 0.717) is 0 Å². The molecule has 0 fully saturated rings. The normalized spacial score (nSPS) is 7.70. The molecule has 116 valence electrons. The molecule has 1 nitrogen and oxygen atoms in total. The lowest BCUT2D eigenvalue weighted by molar-refractivity contribution is 0.913. The summed E-state index contributed by atoms with van der Waals surface area (Å²) in [6, 6.07) is 8.58. The fourth-order valence-corrected chi connectivity index (χ4v) is 1.28. The maximum Gasteiger partial charge on any atom is -0.00427 e. The summed E-state index contributed by atoms with van der Waals surface area (Å²) >= 11 is 0. The molecule has 0 aromatic heterocycles. The fraction of sp³-hybridized carbons (Fsp3) is 0.474. The van der Waals surface area contributed by atoms with Gasteiger partial charge in [-0.1, -0.05) is 63.6 Å². The smallest absolute Gasteiger partial charge is 0.00427 e. The van der Waals surface area contributed by atoms with Crippen molar-refractivity contribution in [1.29, 1.82) is 0 Å². The van der Waals surface area contributed by atoms with Crippen LogP contribution >= 0.6 is 0 Å². The number of hydrogen-bond acceptors (Lipinski definition) is 1. The van der Waals surface area contributed by atoms with E-state index in [2.05, 4.69) is 51.3 Å². The Morgan fingerprint density at radius 2 is 1.65 bits per heavy atom. The first-order valence-corrected chi connectivity index (χ1v) is 7.60. The number of rotatable bonds is 4. The summed E-state index contributed by atoms with van der Waals surface area (Å²) in [7, 11) is 0. The largest absolute Gasteiger partial charge is 0.330 e. The van der Waals surface area contributed by atoms with Crippen LogP contribution < -0.4 is 5.73 Å². The average Bonchev–Trinajstić information content (AvgIpc) is 2.46. The highest BCUT2D eigenvalue weighted by molar-refractivity contribution is 5.25. The molecule has 1 heteroatoms. The average molecular weight is 277 g/mol. The molecule has 1 aromatic carbocycles. The van der Waals surface area contributed by atoms with Crippen molar-refractivity contribution in [2.24, 2.45) is 5.73 Å². The van der Waals surface area contributed by atoms with Gasteiger partial charge in [-0.15, -0.1) is 13.2 Å². The highest BCUT2D eigenvalue weighted by Crippen LogP contribution is 2.08. The number of allylic oxidation sites excluding steroid dienone is 1. The van der Waals surface area contributed by atoms with Crippen LogP contribution in [0.25, 0.3) is 0 Å². The van der Waals surface area contributed by atoms with Crippen molar-refractivity contribution in [2.75, 3.05) is 6.54 Å². The third-order valence-electron chi connectivity index (χ3n) is 2.15. The van der Waals surface area contributed by atoms with E-state index in [9.17, 15) is 0 Å². The van der Waals surface area contributed by atoms with E-state index in [4.69, 9.17) is 5.73 Å². The molecule has 0 aliphatic rings. The van der Waals surface area contributed by atoms with Crippen LogP contribution in [-0.2, 0) is 6.42 Å². The monoisotopic (exact) mass is 277 g/mol. The molecule has 0 saturated heterocycles. The summed E-state index contributed by atoms with van der Waals surface area (Å²) in [4.78, 5) is 0. The molecule has 0 aliphatic carbocycles. The van der Waals surface area contributed by atoms with Gasteiger partial charge in [0.25, 0.3) is 0 Å². The summed E-state index contributed by atoms with van der Waals surface area (Å²) in [5.74, 6) is 0. The minimum absolute atomic E-state index is 0.726. The molecule has 0 bridgehead atoms. The predicted molar refractivity (Wildman–Crippen MR) is 96.3 cm³/mol. The molecule has 0 unspecified atom stereocenters. The van der Waals surface area contributed by atoms with Gasteiger partial charge in [0.1, 0.15) is 0 Å². The summed E-state index contributed by atoms with van der Waals surface area (Å²) in [5, 5.41) is 0. The van der Waals surface area contributed by atoms with Gasteiger partial charge < -0.3 is 5.73 Å². The van der Waals surface area contributed by atoms with Gasteiger partial charge in [-0.25, -0.2) is 0 Å². The molecule has 0 spiro atoms. The summed E-state index contributed by atoms with van der Waals surface area (Å²) in [5.41, 5.74) is 7.98. The van der Waals surface area contributed by atoms with Crippen LogP contribution in [-0.4, -0.2) is 6.54 Å². The molecule has 20 heavy (non-hydrogen) atoms. The number of benzene rings is 1. The first kappa shape index (κ1) is 23.7. The van der Waals surface area contributed by atoms with E-state index >= 15 is 0 Å². The van der Waals surface area contributed by atoms with Gasteiger partial charge >= 0.3 is 0 Å². The molecule has 1 rings (SSSR count). The zero-order valence-corrected chi connectivity index (χ0v) is 14.3. The van der Waals surface area contributed by atoms with Crippen molar-refractivity contribution in [3.8, 4) is 0 Å². The number of aryl methyl sites for hydroxylation is 2. The first-order valence-electron chi connectivity index (χ1n) is 7.60. The molecule has 0 aliphatic heterocycles. The SMILES string of the molecule is C=CC.C=CCCN.CC.CCCc1ccccc1C. The topological polar surface area (TPSA) is 26.0 Å². The second-order valence-electron chi connectivity index (χ2n) is 3.95. The standard InChI is InChI=1S/C10H14.C4H9N.C3H6.C2H6/c1-3-6-10-8-5-4-7-9(10)2;1-2-3-4-5;1-3-2;1-2/h4-5,7-8H,3,6H2,1-2H3;2H,1,3-5H2;3H,1H2,2H3;1-2H3. The van der Waals surface area contributed by atoms with Gasteiger partial charge in [-0.3, -0.25) is 0 Å². The zero-order chi connectivity index (χ0) is 16.2. The van der Waals surface area contributed by atoms with E-state index in [1.165, 1.54) is 24.0 Å². The Morgan fingerprint density at radius 3 is 1.95 bits per heavy atom. The van der Waals surface area contributed by atoms with E-state index < -0.39 is 0 Å². The van der Waals surface area contributed by atoms with Gasteiger partial charge in [-0.2, -0.15) is 0 Å². The van der Waals surface area contributed by atoms with Gasteiger partial charge in [0.2, 0.25) is 0 Å². The van der Waals surface area contributed by atoms with Gasteiger partial charge in [0, 0.05) is 0 Å². The van der Waals surface area contributed by atoms with Crippen molar-refractivity contribution < 1.29 is 0 Å². The third kappa shape index (κ3) is 19.0. The Kier molecular flexibility index (Phi) is 27.1. The van der Waals surface area contributed by atoms with Gasteiger partial charge in [0.15, 0.2) is 0 Å². The molecule has 0 saturated carbocycles. The van der Waals surface area contributed by atoms with Crippen LogP contribution in [0.3, 0.4) is 0 Å². The Hall–Kier alpha value is -1.34. The highest BCUT2D eigenvalue weighted by atomic mass is 14.5. The lowest BCUT2D eigenvalue weighted by Gasteiger charge is -2.01. The van der Waals surface area contributed by atoms with Crippen LogP contribution in [0, 0.1) is 6.92 Å². The quantitative estimate of drug-likeness (QED) is 0.703. The van der Waals surface area contributed by atoms with E-state index in [-0.39, 0.29) is 0 Å². The molecular weight excluding hydrogens is 242 g/mol. The maximum atomic E-state index is 5.07. The third-order valence-corrected chi connectivity index (χ3v) is 2.15. The van der Waals surface area contributed by atoms with Crippen LogP contribution in [0.4, 0.5) is 0 Å². The summed E-state index contributed by atoms with van der Waals surface area (Å²) in [6.07, 6.45) is 6.94. The summed E-state index contributed by atoms with van der Waals surface area (Å²) in [6.45, 7) is 17.8. The van der Waals surface area contributed by atoms with Crippen LogP contribution in [0.2, 0.25) is 0 Å². The second-order valence-corrected chi connectivity index (χ2v) is 3.95. The number of nitrogens with two attached hydrogens (primary N) is 1. The minimum atomic E-state index is 0.726. The second kappa shape index (κ2) is 22.8. The van der Waals surface area contributed by atoms with Crippen LogP contribution in [0.15, 0.2) is 49.6 Å². The van der Waals surface area contributed by atoms with Crippen molar-refractivity contribution in [1.82, 2.24) is 0 Å². The first-order chi connectivity index (χ1) is 9.67. The molecule has 0 atom stereocenters. The maximum absolute atomic E-state index is 5.07. The molecule has 1 aromatic rings. The molecule has 0 radical (unpaired) electrons. The van der Waals surface area contributed by atoms with Crippen molar-refractivity contribution in [3.63, 3.8) is 0 Å². The van der Waals surface area contributed by atoms with E-state index in [0.717, 1.165) is 13.0 Å². The highest BCUT2D eigenvalue weighted by Gasteiger charge is 1.92. The molecular formula is C19H35N. The van der Waals surface area contributed by atoms with Gasteiger partial charge in [0.05, 0.1) is 0 Å². The lowest BCUT2D eigenvalue weighted by Crippen LogP contribution is -1.94. The van der Waals surface area contributed by atoms with E-state index in [1.54, 1.807) is 12.2 Å². The Balaban J connectivity index is -0.000000245. The van der Waals surface area contributed by atoms with Crippen LogP contribution in [0.5, 0.6) is 0 Å². The fourth-order valence-electron chi connectivity index (χ4n) is 1.28. The zero-order valence-electron chi connectivity index (χ0n) is 14.3. The van der Waals surface area contributed by atoms with Gasteiger partial charge in [-0.05, 0) is 44.4 Å². The Morgan fingerprint density at radius 1 is 1.15 bits per heavy atom. The summed E-state index contributed by atoms with van der Waals surface area (Å²) < 4.78 is 0. The minimum Gasteiger partial charge on any atom is -0.330 e. The predicted octanol–water partition coefficient (Wildman–Crippen LogP) is 5.69. The lowest BCUT2D eigenvalue weighted by atomic mass is 10.1. The van der Waals surface area contributed by atoms with Crippen molar-refractivity contribution >= 4 is 0 Å². The Labute approximate surface area is 127 Å². The molecule has 0 amide bonds. The van der Waals surface area contributed by atoms with Crippen molar-refractivity contribution in [3.05, 3.63) is 60.7 Å². The molecule has 0 heterocycles. The molecule has 2 N–H and O–H groups in total. The van der Waals surface area contributed by atoms with Crippen LogP contribution in [0.1, 0.15) is 51.7 Å².